The van der Waals surface area contributed by atoms with Gasteiger partial charge in [-0.15, -0.1) is 0 Å². The highest BCUT2D eigenvalue weighted by Crippen LogP contribution is 2.20. The summed E-state index contributed by atoms with van der Waals surface area (Å²) in [4.78, 5) is 14.3. The van der Waals surface area contributed by atoms with E-state index < -0.39 is 4.92 Å². The summed E-state index contributed by atoms with van der Waals surface area (Å²) in [5.74, 6) is 0. The van der Waals surface area contributed by atoms with E-state index in [0.29, 0.717) is 0 Å². The molecule has 0 aliphatic heterocycles. The van der Waals surface area contributed by atoms with Crippen LogP contribution in [0.2, 0.25) is 0 Å². The zero-order valence-electron chi connectivity index (χ0n) is 6.98. The van der Waals surface area contributed by atoms with Crippen LogP contribution in [-0.2, 0) is 0 Å². The number of non-ortho nitro benzene ring substituents is 1. The molecule has 0 amide bonds. The van der Waals surface area contributed by atoms with Crippen molar-refractivity contribution in [2.75, 3.05) is 0 Å². The average molecular weight is 300 g/mol. The third-order valence-corrected chi connectivity index (χ3v) is 2.43. The summed E-state index contributed by atoms with van der Waals surface area (Å²) in [6.45, 7) is 0. The average Bonchev–Trinajstić information content (AvgIpc) is 2.16. The van der Waals surface area contributed by atoms with Crippen LogP contribution in [0.25, 0.3) is 10.9 Å². The molecule has 0 bridgehead atoms. The van der Waals surface area contributed by atoms with Crippen molar-refractivity contribution in [2.45, 2.75) is 0 Å². The summed E-state index contributed by atoms with van der Waals surface area (Å²) in [5, 5.41) is 11.3. The second-order valence-corrected chi connectivity index (χ2v) is 4.03. The molecule has 1 aromatic heterocycles. The molecule has 14 heavy (non-hydrogen) atoms. The van der Waals surface area contributed by atoms with Crippen LogP contribution in [-0.4, -0.2) is 9.91 Å². The van der Waals surface area contributed by atoms with Crippen molar-refractivity contribution in [1.82, 2.24) is 4.98 Å². The Morgan fingerprint density at radius 2 is 2.14 bits per heavy atom. The van der Waals surface area contributed by atoms with E-state index in [0.717, 1.165) is 14.5 Å². The van der Waals surface area contributed by atoms with Crippen LogP contribution in [0.1, 0.15) is 0 Å². The number of pyridine rings is 1. The number of halogens is 1. The molecule has 2 rings (SSSR count). The molecule has 1 heterocycles. The van der Waals surface area contributed by atoms with Crippen molar-refractivity contribution < 1.29 is 4.92 Å². The predicted octanol–water partition coefficient (Wildman–Crippen LogP) is 2.75. The minimum Gasteiger partial charge on any atom is -0.258 e. The lowest BCUT2D eigenvalue weighted by Gasteiger charge is -1.97. The van der Waals surface area contributed by atoms with Gasteiger partial charge in [0.1, 0.15) is 0 Å². The standard InChI is InChI=1S/C9H5IN2O2/c10-7-3-6-4-8(12(13)14)1-2-9(6)11-5-7/h1-5H. The second kappa shape index (κ2) is 3.49. The van der Waals surface area contributed by atoms with Gasteiger partial charge in [-0.05, 0) is 34.7 Å². The smallest absolute Gasteiger partial charge is 0.258 e. The number of rotatable bonds is 1. The fourth-order valence-corrected chi connectivity index (χ4v) is 1.68. The summed E-state index contributed by atoms with van der Waals surface area (Å²) in [6, 6.07) is 6.52. The van der Waals surface area contributed by atoms with Gasteiger partial charge in [0.15, 0.2) is 0 Å². The van der Waals surface area contributed by atoms with E-state index in [4.69, 9.17) is 0 Å². The molecule has 70 valence electrons. The third kappa shape index (κ3) is 1.67. The Kier molecular flexibility index (Phi) is 2.32. The summed E-state index contributed by atoms with van der Waals surface area (Å²) in [6.07, 6.45) is 1.73. The van der Waals surface area contributed by atoms with E-state index in [1.165, 1.54) is 12.1 Å². The molecule has 0 aliphatic carbocycles. The fourth-order valence-electron chi connectivity index (χ4n) is 1.21. The highest BCUT2D eigenvalue weighted by Gasteiger charge is 2.06. The maximum Gasteiger partial charge on any atom is 0.270 e. The molecule has 0 radical (unpaired) electrons. The molecule has 4 nitrogen and oxygen atoms in total. The van der Waals surface area contributed by atoms with Crippen LogP contribution in [0.4, 0.5) is 5.69 Å². The minimum atomic E-state index is -0.403. The van der Waals surface area contributed by atoms with Gasteiger partial charge >= 0.3 is 0 Å². The first-order valence-electron chi connectivity index (χ1n) is 3.86. The van der Waals surface area contributed by atoms with E-state index in [-0.39, 0.29) is 5.69 Å². The Hall–Kier alpha value is -1.24. The molecule has 0 spiro atoms. The van der Waals surface area contributed by atoms with Crippen LogP contribution in [0, 0.1) is 13.7 Å². The summed E-state index contributed by atoms with van der Waals surface area (Å²) in [5.41, 5.74) is 0.873. The van der Waals surface area contributed by atoms with Crippen molar-refractivity contribution >= 4 is 39.2 Å². The van der Waals surface area contributed by atoms with Crippen molar-refractivity contribution in [3.63, 3.8) is 0 Å². The molecule has 0 unspecified atom stereocenters. The molecule has 2 aromatic rings. The van der Waals surface area contributed by atoms with Gasteiger partial charge < -0.3 is 0 Å². The van der Waals surface area contributed by atoms with E-state index in [1.54, 1.807) is 12.3 Å². The number of hydrogen-bond acceptors (Lipinski definition) is 3. The van der Waals surface area contributed by atoms with E-state index in [9.17, 15) is 10.1 Å². The third-order valence-electron chi connectivity index (χ3n) is 1.84. The summed E-state index contributed by atoms with van der Waals surface area (Å²) >= 11 is 2.12. The Labute approximate surface area is 93.2 Å². The zero-order valence-corrected chi connectivity index (χ0v) is 9.13. The van der Waals surface area contributed by atoms with Gasteiger partial charge in [-0.3, -0.25) is 15.1 Å². The van der Waals surface area contributed by atoms with Crippen LogP contribution < -0.4 is 0 Å². The first kappa shape index (κ1) is 9.32. The first-order valence-corrected chi connectivity index (χ1v) is 4.94. The van der Waals surface area contributed by atoms with E-state index in [1.807, 2.05) is 6.07 Å². The SMILES string of the molecule is O=[N+]([O-])c1ccc2ncc(I)cc2c1. The monoisotopic (exact) mass is 300 g/mol. The predicted molar refractivity (Wildman–Crippen MR) is 61.1 cm³/mol. The summed E-state index contributed by atoms with van der Waals surface area (Å²) < 4.78 is 0.968. The lowest BCUT2D eigenvalue weighted by molar-refractivity contribution is -0.384. The molecule has 0 saturated heterocycles. The Morgan fingerprint density at radius 3 is 2.86 bits per heavy atom. The first-order chi connectivity index (χ1) is 6.66. The maximum absolute atomic E-state index is 10.5. The maximum atomic E-state index is 10.5. The quantitative estimate of drug-likeness (QED) is 0.462. The molecular formula is C9H5IN2O2. The van der Waals surface area contributed by atoms with Gasteiger partial charge in [-0.25, -0.2) is 0 Å². The number of hydrogen-bond donors (Lipinski definition) is 0. The van der Waals surface area contributed by atoms with Gasteiger partial charge in [0.2, 0.25) is 0 Å². The Morgan fingerprint density at radius 1 is 1.36 bits per heavy atom. The van der Waals surface area contributed by atoms with Gasteiger partial charge in [-0.1, -0.05) is 0 Å². The molecule has 0 atom stereocenters. The minimum absolute atomic E-state index is 0.0984. The highest BCUT2D eigenvalue weighted by atomic mass is 127. The lowest BCUT2D eigenvalue weighted by atomic mass is 10.2. The van der Waals surface area contributed by atoms with E-state index >= 15 is 0 Å². The second-order valence-electron chi connectivity index (χ2n) is 2.79. The van der Waals surface area contributed by atoms with E-state index in [2.05, 4.69) is 27.6 Å². The molecule has 0 saturated carbocycles. The van der Waals surface area contributed by atoms with Crippen LogP contribution in [0.5, 0.6) is 0 Å². The molecule has 0 N–H and O–H groups in total. The van der Waals surface area contributed by atoms with Crippen molar-refractivity contribution in [2.24, 2.45) is 0 Å². The van der Waals surface area contributed by atoms with Crippen molar-refractivity contribution in [3.05, 3.63) is 44.1 Å². The number of nitro groups is 1. The van der Waals surface area contributed by atoms with Crippen molar-refractivity contribution in [1.29, 1.82) is 0 Å². The van der Waals surface area contributed by atoms with Crippen LogP contribution in [0.3, 0.4) is 0 Å². The molecule has 0 fully saturated rings. The number of fused-ring (bicyclic) bond motifs is 1. The van der Waals surface area contributed by atoms with Gasteiger partial charge in [0.05, 0.1) is 10.4 Å². The number of aromatic nitrogens is 1. The van der Waals surface area contributed by atoms with Gasteiger partial charge in [-0.2, -0.15) is 0 Å². The number of benzene rings is 1. The largest absolute Gasteiger partial charge is 0.270 e. The van der Waals surface area contributed by atoms with Crippen molar-refractivity contribution in [3.8, 4) is 0 Å². The van der Waals surface area contributed by atoms with Gasteiger partial charge in [0, 0.05) is 27.3 Å². The number of nitro benzene ring substituents is 1. The fraction of sp³-hybridized carbons (Fsp3) is 0. The van der Waals surface area contributed by atoms with Crippen LogP contribution in [0.15, 0.2) is 30.5 Å². The number of nitrogens with zero attached hydrogens (tertiary/aromatic N) is 2. The zero-order chi connectivity index (χ0) is 10.1. The Balaban J connectivity index is 2.69. The Bertz CT molecular complexity index is 513. The molecule has 1 aromatic carbocycles. The topological polar surface area (TPSA) is 56.0 Å². The lowest BCUT2D eigenvalue weighted by Crippen LogP contribution is -1.88. The molecule has 5 heteroatoms. The highest BCUT2D eigenvalue weighted by molar-refractivity contribution is 14.1. The summed E-state index contributed by atoms with van der Waals surface area (Å²) in [7, 11) is 0. The van der Waals surface area contributed by atoms with Crippen LogP contribution >= 0.6 is 22.6 Å². The van der Waals surface area contributed by atoms with Gasteiger partial charge in [0.25, 0.3) is 5.69 Å². The molecular weight excluding hydrogens is 295 g/mol. The molecule has 0 aliphatic rings. The normalized spacial score (nSPS) is 10.4.